The fourth-order valence-electron chi connectivity index (χ4n) is 1.35. The molecule has 0 saturated carbocycles. The van der Waals surface area contributed by atoms with E-state index >= 15 is 0 Å². The minimum absolute atomic E-state index is 0.221. The highest BCUT2D eigenvalue weighted by Gasteiger charge is 2.10. The van der Waals surface area contributed by atoms with Crippen LogP contribution in [-0.2, 0) is 6.42 Å². The first-order valence-corrected chi connectivity index (χ1v) is 5.95. The lowest BCUT2D eigenvalue weighted by Crippen LogP contribution is -1.87. The molecule has 0 aliphatic carbocycles. The van der Waals surface area contributed by atoms with E-state index in [-0.39, 0.29) is 5.28 Å². The van der Waals surface area contributed by atoms with Gasteiger partial charge >= 0.3 is 0 Å². The van der Waals surface area contributed by atoms with Gasteiger partial charge in [0.05, 0.1) is 10.2 Å². The SMILES string of the molecule is CCCc1csc2c(Cl)nc(Cl)nc12. The van der Waals surface area contributed by atoms with Gasteiger partial charge in [0, 0.05) is 0 Å². The van der Waals surface area contributed by atoms with Crippen molar-refractivity contribution in [2.75, 3.05) is 0 Å². The van der Waals surface area contributed by atoms with Gasteiger partial charge in [-0.1, -0.05) is 24.9 Å². The van der Waals surface area contributed by atoms with Crippen LogP contribution >= 0.6 is 34.5 Å². The Morgan fingerprint density at radius 2 is 2.14 bits per heavy atom. The van der Waals surface area contributed by atoms with Crippen LogP contribution in [0.4, 0.5) is 0 Å². The first-order chi connectivity index (χ1) is 6.72. The highest BCUT2D eigenvalue weighted by atomic mass is 35.5. The summed E-state index contributed by atoms with van der Waals surface area (Å²) in [7, 11) is 0. The summed E-state index contributed by atoms with van der Waals surface area (Å²) in [5, 5.41) is 2.75. The molecule has 0 aliphatic heterocycles. The van der Waals surface area contributed by atoms with Gasteiger partial charge in [-0.05, 0) is 29.0 Å². The zero-order chi connectivity index (χ0) is 10.1. The molecule has 0 radical (unpaired) electrons. The van der Waals surface area contributed by atoms with E-state index in [1.165, 1.54) is 5.56 Å². The summed E-state index contributed by atoms with van der Waals surface area (Å²) in [5.74, 6) is 0. The largest absolute Gasteiger partial charge is 0.224 e. The Morgan fingerprint density at radius 3 is 2.86 bits per heavy atom. The maximum atomic E-state index is 5.95. The molecule has 0 bridgehead atoms. The maximum absolute atomic E-state index is 5.95. The van der Waals surface area contributed by atoms with Gasteiger partial charge in [0.25, 0.3) is 0 Å². The average Bonchev–Trinajstić information content (AvgIpc) is 2.49. The summed E-state index contributed by atoms with van der Waals surface area (Å²) in [4.78, 5) is 8.10. The van der Waals surface area contributed by atoms with Crippen LogP contribution in [0.3, 0.4) is 0 Å². The topological polar surface area (TPSA) is 25.8 Å². The van der Waals surface area contributed by atoms with Gasteiger partial charge in [-0.25, -0.2) is 9.97 Å². The molecule has 2 heterocycles. The van der Waals surface area contributed by atoms with Crippen molar-refractivity contribution in [3.05, 3.63) is 21.4 Å². The van der Waals surface area contributed by atoms with Gasteiger partial charge < -0.3 is 0 Å². The smallest absolute Gasteiger partial charge is 0.217 e. The first-order valence-electron chi connectivity index (χ1n) is 4.31. The zero-order valence-electron chi connectivity index (χ0n) is 7.55. The monoisotopic (exact) mass is 246 g/mol. The maximum Gasteiger partial charge on any atom is 0.224 e. The van der Waals surface area contributed by atoms with E-state index in [0.717, 1.165) is 23.1 Å². The second-order valence-corrected chi connectivity index (χ2v) is 4.55. The van der Waals surface area contributed by atoms with Crippen molar-refractivity contribution in [3.8, 4) is 0 Å². The highest BCUT2D eigenvalue weighted by Crippen LogP contribution is 2.31. The van der Waals surface area contributed by atoms with Gasteiger partial charge in [0.15, 0.2) is 5.15 Å². The predicted molar refractivity (Wildman–Crippen MR) is 61.4 cm³/mol. The molecule has 0 unspecified atom stereocenters. The molecular weight excluding hydrogens is 239 g/mol. The Balaban J connectivity index is 2.66. The Labute approximate surface area is 95.9 Å². The molecule has 0 saturated heterocycles. The fraction of sp³-hybridized carbons (Fsp3) is 0.333. The molecular formula is C9H8Cl2N2S. The van der Waals surface area contributed by atoms with Crippen LogP contribution in [0.1, 0.15) is 18.9 Å². The lowest BCUT2D eigenvalue weighted by molar-refractivity contribution is 0.929. The number of rotatable bonds is 2. The number of thiophene rings is 1. The highest BCUT2D eigenvalue weighted by molar-refractivity contribution is 7.18. The molecule has 2 nitrogen and oxygen atoms in total. The van der Waals surface area contributed by atoms with Gasteiger partial charge in [-0.3, -0.25) is 0 Å². The van der Waals surface area contributed by atoms with E-state index in [2.05, 4.69) is 22.3 Å². The van der Waals surface area contributed by atoms with Gasteiger partial charge in [-0.15, -0.1) is 11.3 Å². The second-order valence-electron chi connectivity index (χ2n) is 2.97. The molecule has 0 aliphatic rings. The van der Waals surface area contributed by atoms with E-state index in [1.807, 2.05) is 0 Å². The number of aryl methyl sites for hydroxylation is 1. The molecule has 74 valence electrons. The Morgan fingerprint density at radius 1 is 1.36 bits per heavy atom. The van der Waals surface area contributed by atoms with Crippen LogP contribution in [0.5, 0.6) is 0 Å². The van der Waals surface area contributed by atoms with Crippen molar-refractivity contribution in [1.29, 1.82) is 0 Å². The number of nitrogens with zero attached hydrogens (tertiary/aromatic N) is 2. The lowest BCUT2D eigenvalue weighted by Gasteiger charge is -1.97. The third-order valence-electron chi connectivity index (χ3n) is 1.94. The number of aromatic nitrogens is 2. The van der Waals surface area contributed by atoms with E-state index < -0.39 is 0 Å². The molecule has 0 N–H and O–H groups in total. The average molecular weight is 247 g/mol. The predicted octanol–water partition coefficient (Wildman–Crippen LogP) is 3.95. The molecule has 5 heteroatoms. The quantitative estimate of drug-likeness (QED) is 0.593. The molecule has 2 rings (SSSR count). The van der Waals surface area contributed by atoms with Crippen LogP contribution < -0.4 is 0 Å². The van der Waals surface area contributed by atoms with E-state index in [0.29, 0.717) is 5.15 Å². The van der Waals surface area contributed by atoms with E-state index in [1.54, 1.807) is 11.3 Å². The molecule has 0 spiro atoms. The van der Waals surface area contributed by atoms with E-state index in [9.17, 15) is 0 Å². The zero-order valence-corrected chi connectivity index (χ0v) is 9.88. The summed E-state index contributed by atoms with van der Waals surface area (Å²) in [6.07, 6.45) is 2.09. The van der Waals surface area contributed by atoms with Crippen LogP contribution in [0, 0.1) is 0 Å². The van der Waals surface area contributed by atoms with E-state index in [4.69, 9.17) is 23.2 Å². The molecule has 0 amide bonds. The summed E-state index contributed by atoms with van der Waals surface area (Å²) in [5.41, 5.74) is 2.11. The standard InChI is InChI=1S/C9H8Cl2N2S/c1-2-3-5-4-14-7-6(5)12-9(11)13-8(7)10/h4H,2-3H2,1H3. The Hall–Kier alpha value is -0.380. The van der Waals surface area contributed by atoms with Crippen molar-refractivity contribution >= 4 is 44.8 Å². The molecule has 0 aromatic carbocycles. The number of fused-ring (bicyclic) bond motifs is 1. The Kier molecular flexibility index (Phi) is 2.91. The number of hydrogen-bond acceptors (Lipinski definition) is 3. The van der Waals surface area contributed by atoms with Crippen LogP contribution in [0.25, 0.3) is 10.2 Å². The molecule has 0 fully saturated rings. The minimum Gasteiger partial charge on any atom is -0.217 e. The van der Waals surface area contributed by atoms with Crippen molar-refractivity contribution < 1.29 is 0 Å². The van der Waals surface area contributed by atoms with Gasteiger partial charge in [0.1, 0.15) is 0 Å². The third-order valence-corrected chi connectivity index (χ3v) is 3.52. The summed E-state index contributed by atoms with van der Waals surface area (Å²) < 4.78 is 0.930. The summed E-state index contributed by atoms with van der Waals surface area (Å²) in [6.45, 7) is 2.13. The number of hydrogen-bond donors (Lipinski definition) is 0. The van der Waals surface area contributed by atoms with Crippen molar-refractivity contribution in [1.82, 2.24) is 9.97 Å². The third kappa shape index (κ3) is 1.72. The summed E-state index contributed by atoms with van der Waals surface area (Å²) >= 11 is 13.3. The minimum atomic E-state index is 0.221. The molecule has 14 heavy (non-hydrogen) atoms. The van der Waals surface area contributed by atoms with Crippen LogP contribution in [0.2, 0.25) is 10.4 Å². The number of halogens is 2. The van der Waals surface area contributed by atoms with Crippen molar-refractivity contribution in [2.45, 2.75) is 19.8 Å². The second kappa shape index (κ2) is 4.01. The van der Waals surface area contributed by atoms with Crippen LogP contribution in [0.15, 0.2) is 5.38 Å². The van der Waals surface area contributed by atoms with Crippen LogP contribution in [-0.4, -0.2) is 9.97 Å². The lowest BCUT2D eigenvalue weighted by atomic mass is 10.2. The van der Waals surface area contributed by atoms with Gasteiger partial charge in [-0.2, -0.15) is 0 Å². The normalized spacial score (nSPS) is 11.1. The van der Waals surface area contributed by atoms with Crippen molar-refractivity contribution in [3.63, 3.8) is 0 Å². The van der Waals surface area contributed by atoms with Gasteiger partial charge in [0.2, 0.25) is 5.28 Å². The first kappa shape index (κ1) is 10.1. The molecule has 0 atom stereocenters. The Bertz CT molecular complexity index is 467. The van der Waals surface area contributed by atoms with Crippen molar-refractivity contribution in [2.24, 2.45) is 0 Å². The molecule has 2 aromatic heterocycles. The molecule has 2 aromatic rings. The summed E-state index contributed by atoms with van der Waals surface area (Å²) in [6, 6.07) is 0. The fourth-order valence-corrected chi connectivity index (χ4v) is 2.79.